The van der Waals surface area contributed by atoms with E-state index in [-0.39, 0.29) is 18.9 Å². The number of nitrogens with zero attached hydrogens (tertiary/aromatic N) is 2. The molecule has 0 aliphatic heterocycles. The number of carbonyl (C=O) groups is 1. The van der Waals surface area contributed by atoms with E-state index < -0.39 is 32.8 Å². The monoisotopic (exact) mass is 220 g/mol. The number of non-ortho nitro benzene ring substituents is 2. The number of carboxylic acid groups (broad SMARTS) is 1. The Morgan fingerprint density at radius 1 is 1.06 bits per heavy atom. The normalized spacial score (nSPS) is 9.00. The van der Waals surface area contributed by atoms with Crippen LogP contribution in [0.4, 0.5) is 11.4 Å². The van der Waals surface area contributed by atoms with Crippen molar-refractivity contribution in [1.29, 1.82) is 0 Å². The zero-order valence-corrected chi connectivity index (χ0v) is 7.11. The molecule has 0 atom stereocenters. The average molecular weight is 220 g/mol. The number of nitro benzene ring substituents is 2. The van der Waals surface area contributed by atoms with Gasteiger partial charge in [0.1, 0.15) is 0 Å². The molecule has 0 aliphatic carbocycles. The molecule has 0 unspecified atom stereocenters. The van der Waals surface area contributed by atoms with E-state index in [0.29, 0.717) is 6.07 Å². The third-order valence-corrected chi connectivity index (χ3v) is 1.57. The van der Waals surface area contributed by atoms with Crippen LogP contribution in [0.3, 0.4) is 0 Å². The van der Waals surface area contributed by atoms with Crippen LogP contribution < -0.4 is 0 Å². The number of hydrogen-bond acceptors (Lipinski definition) is 5. The molecule has 0 spiro atoms. The van der Waals surface area contributed by atoms with Crippen molar-refractivity contribution in [2.75, 3.05) is 0 Å². The van der Waals surface area contributed by atoms with Crippen LogP contribution in [0.15, 0.2) is 18.2 Å². The second-order valence-electron chi connectivity index (χ2n) is 2.56. The minimum absolute atomic E-state index is 0. The zero-order chi connectivity index (χ0) is 11.6. The first-order chi connectivity index (χ1) is 6.91. The number of rotatable bonds is 3. The standard InChI is InChI=1S/C7H4N2O6.Li.H/c10-7(11)4-1-5(8(12)13)3-6(2-4)9(14)15;;/h1-3H,(H,10,11);;. The van der Waals surface area contributed by atoms with Gasteiger partial charge >= 0.3 is 24.8 Å². The van der Waals surface area contributed by atoms with Gasteiger partial charge < -0.3 is 5.11 Å². The van der Waals surface area contributed by atoms with Crippen molar-refractivity contribution in [2.24, 2.45) is 0 Å². The molecule has 80 valence electrons. The third-order valence-electron chi connectivity index (χ3n) is 1.57. The van der Waals surface area contributed by atoms with Gasteiger partial charge in [-0.2, -0.15) is 0 Å². The predicted octanol–water partition coefficient (Wildman–Crippen LogP) is 0.553. The first-order valence-electron chi connectivity index (χ1n) is 3.59. The van der Waals surface area contributed by atoms with Crippen LogP contribution in [0.1, 0.15) is 10.4 Å². The van der Waals surface area contributed by atoms with Crippen molar-refractivity contribution in [2.45, 2.75) is 0 Å². The van der Waals surface area contributed by atoms with E-state index in [1.165, 1.54) is 0 Å². The number of carboxylic acids is 1. The first kappa shape index (κ1) is 14.1. The van der Waals surface area contributed by atoms with E-state index in [1.807, 2.05) is 0 Å². The summed E-state index contributed by atoms with van der Waals surface area (Å²) in [5.41, 5.74) is -1.74. The van der Waals surface area contributed by atoms with E-state index in [9.17, 15) is 25.0 Å². The molecule has 8 nitrogen and oxygen atoms in total. The van der Waals surface area contributed by atoms with Gasteiger partial charge in [-0.05, 0) is 0 Å². The van der Waals surface area contributed by atoms with Gasteiger partial charge in [0.15, 0.2) is 0 Å². The van der Waals surface area contributed by atoms with Gasteiger partial charge in [0.05, 0.1) is 21.5 Å². The molecule has 1 N–H and O–H groups in total. The van der Waals surface area contributed by atoms with Crippen molar-refractivity contribution in [3.63, 3.8) is 0 Å². The van der Waals surface area contributed by atoms with Crippen LogP contribution in [0.25, 0.3) is 0 Å². The molecule has 0 bridgehead atoms. The van der Waals surface area contributed by atoms with Crippen LogP contribution in [0, 0.1) is 20.2 Å². The maximum absolute atomic E-state index is 10.5. The van der Waals surface area contributed by atoms with Gasteiger partial charge in [-0.15, -0.1) is 0 Å². The Labute approximate surface area is 100 Å². The molecule has 0 fully saturated rings. The summed E-state index contributed by atoms with van der Waals surface area (Å²) in [5.74, 6) is -1.46. The van der Waals surface area contributed by atoms with Gasteiger partial charge in [-0.25, -0.2) is 4.79 Å². The van der Waals surface area contributed by atoms with E-state index in [2.05, 4.69) is 0 Å². The van der Waals surface area contributed by atoms with Gasteiger partial charge in [0.25, 0.3) is 11.4 Å². The van der Waals surface area contributed by atoms with Crippen molar-refractivity contribution in [3.8, 4) is 0 Å². The second kappa shape index (κ2) is 5.25. The number of hydrogen-bond donors (Lipinski definition) is 1. The number of aromatic carboxylic acids is 1. The SMILES string of the molecule is O=C(O)c1cc([N+](=O)[O-])cc([N+](=O)[O-])c1.[LiH]. The maximum atomic E-state index is 10.5. The predicted molar refractivity (Wildman–Crippen MR) is 53.9 cm³/mol. The Kier molecular flexibility index (Phi) is 4.62. The molecule has 0 amide bonds. The fraction of sp³-hybridized carbons (Fsp3) is 0. The Hall–Kier alpha value is -1.91. The number of benzene rings is 1. The molecule has 1 rings (SSSR count). The molecule has 16 heavy (non-hydrogen) atoms. The van der Waals surface area contributed by atoms with Crippen LogP contribution >= 0.6 is 0 Å². The molecular weight excluding hydrogens is 215 g/mol. The van der Waals surface area contributed by atoms with Crippen molar-refractivity contribution in [3.05, 3.63) is 44.0 Å². The summed E-state index contributed by atoms with van der Waals surface area (Å²) in [4.78, 5) is 29.4. The molecule has 0 saturated heterocycles. The molecule has 0 saturated carbocycles. The Morgan fingerprint density at radius 2 is 1.44 bits per heavy atom. The summed E-state index contributed by atoms with van der Waals surface area (Å²) in [5, 5.41) is 29.2. The first-order valence-corrected chi connectivity index (χ1v) is 3.59. The van der Waals surface area contributed by atoms with E-state index in [4.69, 9.17) is 5.11 Å². The van der Waals surface area contributed by atoms with Crippen molar-refractivity contribution >= 4 is 36.2 Å². The molecule has 0 aliphatic rings. The minimum atomic E-state index is -1.46. The van der Waals surface area contributed by atoms with Crippen molar-refractivity contribution < 1.29 is 19.7 Å². The summed E-state index contributed by atoms with van der Waals surface area (Å²) in [7, 11) is 0. The van der Waals surface area contributed by atoms with Gasteiger partial charge in [-0.3, -0.25) is 20.2 Å². The van der Waals surface area contributed by atoms with Gasteiger partial charge in [0.2, 0.25) is 0 Å². The summed E-state index contributed by atoms with van der Waals surface area (Å²) >= 11 is 0. The Bertz CT molecular complexity index is 381. The summed E-state index contributed by atoms with van der Waals surface area (Å²) in [6.07, 6.45) is 0. The van der Waals surface area contributed by atoms with Crippen LogP contribution in [-0.2, 0) is 0 Å². The zero-order valence-electron chi connectivity index (χ0n) is 7.11. The van der Waals surface area contributed by atoms with Crippen molar-refractivity contribution in [1.82, 2.24) is 0 Å². The molecule has 1 aromatic rings. The molecule has 0 aromatic heterocycles. The average Bonchev–Trinajstić information content (AvgIpc) is 2.16. The molecule has 9 heteroatoms. The van der Waals surface area contributed by atoms with Crippen LogP contribution in [-0.4, -0.2) is 39.8 Å². The summed E-state index contributed by atoms with van der Waals surface area (Å²) < 4.78 is 0. The van der Waals surface area contributed by atoms with Crippen LogP contribution in [0.2, 0.25) is 0 Å². The fourth-order valence-electron chi connectivity index (χ4n) is 0.929. The molecular formula is C7H5LiN2O6. The van der Waals surface area contributed by atoms with E-state index in [0.717, 1.165) is 12.1 Å². The topological polar surface area (TPSA) is 124 Å². The molecule has 0 heterocycles. The molecule has 1 aromatic carbocycles. The van der Waals surface area contributed by atoms with E-state index in [1.54, 1.807) is 0 Å². The number of nitro groups is 2. The van der Waals surface area contributed by atoms with Crippen LogP contribution in [0.5, 0.6) is 0 Å². The van der Waals surface area contributed by atoms with Gasteiger partial charge in [-0.1, -0.05) is 0 Å². The second-order valence-corrected chi connectivity index (χ2v) is 2.56. The van der Waals surface area contributed by atoms with E-state index >= 15 is 0 Å². The summed E-state index contributed by atoms with van der Waals surface area (Å²) in [6.45, 7) is 0. The Morgan fingerprint density at radius 3 is 1.69 bits per heavy atom. The fourth-order valence-corrected chi connectivity index (χ4v) is 0.929. The third kappa shape index (κ3) is 3.05. The Balaban J connectivity index is 0.00000225. The molecule has 0 radical (unpaired) electrons. The van der Waals surface area contributed by atoms with Gasteiger partial charge in [0, 0.05) is 12.1 Å². The summed E-state index contributed by atoms with van der Waals surface area (Å²) in [6, 6.07) is 2.22. The quantitative estimate of drug-likeness (QED) is 0.450.